The molecule has 0 amide bonds. The van der Waals surface area contributed by atoms with Crippen molar-refractivity contribution in [1.29, 1.82) is 0 Å². The van der Waals surface area contributed by atoms with Gasteiger partial charge >= 0.3 is 5.97 Å². The smallest absolute Gasteiger partial charge is 0.303 e. The number of carbonyl (C=O) groups is 1. The highest BCUT2D eigenvalue weighted by atomic mass is 16.4. The summed E-state index contributed by atoms with van der Waals surface area (Å²) in [7, 11) is 0. The molecule has 0 bridgehead atoms. The van der Waals surface area contributed by atoms with Gasteiger partial charge in [-0.2, -0.15) is 0 Å². The normalized spacial score (nSPS) is 18.2. The van der Waals surface area contributed by atoms with Crippen LogP contribution in [0.4, 0.5) is 0 Å². The zero-order valence-electron chi connectivity index (χ0n) is 10.4. The lowest BCUT2D eigenvalue weighted by atomic mass is 9.88. The first-order chi connectivity index (χ1) is 7.59. The Kier molecular flexibility index (Phi) is 5.53. The van der Waals surface area contributed by atoms with E-state index in [0.717, 1.165) is 32.5 Å². The standard InChI is InChI=1S/C13H23NO2/c1-11(2)12(5-6-13(15)16)7-10-14-8-3-4-9-14/h3-4,11-12H,5-10H2,1-2H3,(H,15,16). The van der Waals surface area contributed by atoms with Crippen LogP contribution in [0.1, 0.15) is 33.1 Å². The van der Waals surface area contributed by atoms with Gasteiger partial charge in [0.15, 0.2) is 0 Å². The Morgan fingerprint density at radius 3 is 2.44 bits per heavy atom. The first-order valence-electron chi connectivity index (χ1n) is 6.18. The Hall–Kier alpha value is -0.830. The molecule has 16 heavy (non-hydrogen) atoms. The molecule has 3 heteroatoms. The van der Waals surface area contributed by atoms with E-state index in [2.05, 4.69) is 30.9 Å². The Labute approximate surface area is 98.1 Å². The Bertz CT molecular complexity index is 240. The molecule has 0 aliphatic carbocycles. The van der Waals surface area contributed by atoms with Gasteiger partial charge < -0.3 is 5.11 Å². The van der Waals surface area contributed by atoms with Crippen molar-refractivity contribution in [3.63, 3.8) is 0 Å². The second-order valence-corrected chi connectivity index (χ2v) is 4.96. The molecular weight excluding hydrogens is 202 g/mol. The zero-order chi connectivity index (χ0) is 12.0. The highest BCUT2D eigenvalue weighted by Gasteiger charge is 2.16. The van der Waals surface area contributed by atoms with E-state index in [0.29, 0.717) is 18.3 Å². The third-order valence-corrected chi connectivity index (χ3v) is 3.38. The summed E-state index contributed by atoms with van der Waals surface area (Å²) in [5.41, 5.74) is 0. The molecule has 1 aliphatic heterocycles. The van der Waals surface area contributed by atoms with E-state index < -0.39 is 5.97 Å². The number of nitrogens with zero attached hydrogens (tertiary/aromatic N) is 1. The van der Waals surface area contributed by atoms with Crippen LogP contribution < -0.4 is 0 Å². The molecule has 3 nitrogen and oxygen atoms in total. The van der Waals surface area contributed by atoms with E-state index >= 15 is 0 Å². The first kappa shape index (κ1) is 13.2. The lowest BCUT2D eigenvalue weighted by Crippen LogP contribution is -2.25. The number of hydrogen-bond acceptors (Lipinski definition) is 2. The van der Waals surface area contributed by atoms with E-state index in [-0.39, 0.29) is 0 Å². The minimum atomic E-state index is -0.673. The predicted molar refractivity (Wildman–Crippen MR) is 65.4 cm³/mol. The van der Waals surface area contributed by atoms with Crippen molar-refractivity contribution in [3.05, 3.63) is 12.2 Å². The Morgan fingerprint density at radius 2 is 1.94 bits per heavy atom. The quantitative estimate of drug-likeness (QED) is 0.676. The van der Waals surface area contributed by atoms with Gasteiger partial charge in [0.25, 0.3) is 0 Å². The highest BCUT2D eigenvalue weighted by Crippen LogP contribution is 2.21. The molecule has 1 aliphatic rings. The van der Waals surface area contributed by atoms with Crippen LogP contribution in [0.3, 0.4) is 0 Å². The van der Waals surface area contributed by atoms with Crippen LogP contribution in [-0.4, -0.2) is 35.6 Å². The molecule has 1 unspecified atom stereocenters. The summed E-state index contributed by atoms with van der Waals surface area (Å²) in [5, 5.41) is 8.70. The van der Waals surface area contributed by atoms with Gasteiger partial charge in [-0.15, -0.1) is 0 Å². The molecular formula is C13H23NO2. The molecule has 1 atom stereocenters. The maximum absolute atomic E-state index is 10.6. The third kappa shape index (κ3) is 4.79. The van der Waals surface area contributed by atoms with Gasteiger partial charge in [0.1, 0.15) is 0 Å². The summed E-state index contributed by atoms with van der Waals surface area (Å²) in [6.07, 6.45) is 6.63. The number of aliphatic carboxylic acids is 1. The van der Waals surface area contributed by atoms with Crippen molar-refractivity contribution in [2.24, 2.45) is 11.8 Å². The average molecular weight is 225 g/mol. The van der Waals surface area contributed by atoms with Crippen LogP contribution in [0, 0.1) is 11.8 Å². The fourth-order valence-corrected chi connectivity index (χ4v) is 2.17. The largest absolute Gasteiger partial charge is 0.481 e. The van der Waals surface area contributed by atoms with Crippen molar-refractivity contribution in [2.45, 2.75) is 33.1 Å². The van der Waals surface area contributed by atoms with Crippen LogP contribution in [0.2, 0.25) is 0 Å². The molecule has 92 valence electrons. The van der Waals surface area contributed by atoms with Crippen LogP contribution in [0.5, 0.6) is 0 Å². The molecule has 1 N–H and O–H groups in total. The number of hydrogen-bond donors (Lipinski definition) is 1. The molecule has 0 saturated carbocycles. The maximum atomic E-state index is 10.6. The molecule has 0 aromatic carbocycles. The minimum absolute atomic E-state index is 0.307. The van der Waals surface area contributed by atoms with E-state index in [1.807, 2.05) is 0 Å². The number of carboxylic acid groups (broad SMARTS) is 1. The molecule has 0 aromatic rings. The lowest BCUT2D eigenvalue weighted by molar-refractivity contribution is -0.137. The SMILES string of the molecule is CC(C)C(CCC(=O)O)CCN1CC=CC1. The van der Waals surface area contributed by atoms with Gasteiger partial charge in [-0.3, -0.25) is 9.69 Å². The fourth-order valence-electron chi connectivity index (χ4n) is 2.17. The van der Waals surface area contributed by atoms with Gasteiger partial charge in [0.05, 0.1) is 0 Å². The summed E-state index contributed by atoms with van der Waals surface area (Å²) >= 11 is 0. The number of carboxylic acids is 1. The van der Waals surface area contributed by atoms with Crippen LogP contribution in [-0.2, 0) is 4.79 Å². The molecule has 1 heterocycles. The van der Waals surface area contributed by atoms with Gasteiger partial charge in [0, 0.05) is 19.5 Å². The molecule has 0 radical (unpaired) electrons. The van der Waals surface area contributed by atoms with E-state index in [1.165, 1.54) is 0 Å². The topological polar surface area (TPSA) is 40.5 Å². The second kappa shape index (κ2) is 6.69. The highest BCUT2D eigenvalue weighted by molar-refractivity contribution is 5.66. The van der Waals surface area contributed by atoms with Crippen LogP contribution >= 0.6 is 0 Å². The average Bonchev–Trinajstić information content (AvgIpc) is 2.69. The second-order valence-electron chi connectivity index (χ2n) is 4.96. The Balaban J connectivity index is 2.24. The Morgan fingerprint density at radius 1 is 1.31 bits per heavy atom. The van der Waals surface area contributed by atoms with Crippen LogP contribution in [0.15, 0.2) is 12.2 Å². The third-order valence-electron chi connectivity index (χ3n) is 3.38. The molecule has 0 saturated heterocycles. The fraction of sp³-hybridized carbons (Fsp3) is 0.769. The van der Waals surface area contributed by atoms with Gasteiger partial charge in [-0.1, -0.05) is 26.0 Å². The van der Waals surface area contributed by atoms with Gasteiger partial charge in [-0.05, 0) is 31.2 Å². The summed E-state index contributed by atoms with van der Waals surface area (Å²) in [6.45, 7) is 7.59. The van der Waals surface area contributed by atoms with Crippen molar-refractivity contribution in [3.8, 4) is 0 Å². The van der Waals surface area contributed by atoms with Crippen molar-refractivity contribution in [2.75, 3.05) is 19.6 Å². The summed E-state index contributed by atoms with van der Waals surface area (Å²) in [5.74, 6) is 0.445. The number of rotatable bonds is 7. The van der Waals surface area contributed by atoms with Crippen molar-refractivity contribution in [1.82, 2.24) is 4.90 Å². The summed E-state index contributed by atoms with van der Waals surface area (Å²) in [4.78, 5) is 13.0. The zero-order valence-corrected chi connectivity index (χ0v) is 10.4. The maximum Gasteiger partial charge on any atom is 0.303 e. The van der Waals surface area contributed by atoms with E-state index in [1.54, 1.807) is 0 Å². The predicted octanol–water partition coefficient (Wildman–Crippen LogP) is 2.39. The molecule has 1 rings (SSSR count). The molecule has 0 spiro atoms. The van der Waals surface area contributed by atoms with Gasteiger partial charge in [0.2, 0.25) is 0 Å². The molecule has 0 aromatic heterocycles. The molecule has 0 fully saturated rings. The minimum Gasteiger partial charge on any atom is -0.481 e. The van der Waals surface area contributed by atoms with Crippen LogP contribution in [0.25, 0.3) is 0 Å². The first-order valence-corrected chi connectivity index (χ1v) is 6.18. The monoisotopic (exact) mass is 225 g/mol. The summed E-state index contributed by atoms with van der Waals surface area (Å²) in [6, 6.07) is 0. The lowest BCUT2D eigenvalue weighted by Gasteiger charge is -2.23. The summed E-state index contributed by atoms with van der Waals surface area (Å²) < 4.78 is 0. The van der Waals surface area contributed by atoms with E-state index in [9.17, 15) is 4.79 Å². The van der Waals surface area contributed by atoms with Crippen molar-refractivity contribution >= 4 is 5.97 Å². The van der Waals surface area contributed by atoms with E-state index in [4.69, 9.17) is 5.11 Å². The van der Waals surface area contributed by atoms with Crippen molar-refractivity contribution < 1.29 is 9.90 Å². The van der Waals surface area contributed by atoms with Gasteiger partial charge in [-0.25, -0.2) is 0 Å².